The predicted octanol–water partition coefficient (Wildman–Crippen LogP) is 4.72. The van der Waals surface area contributed by atoms with Gasteiger partial charge in [-0.15, -0.1) is 0 Å². The monoisotopic (exact) mass is 365 g/mol. The maximum Gasteiger partial charge on any atom is 0.419 e. The largest absolute Gasteiger partial charge is 0.497 e. The van der Waals surface area contributed by atoms with Gasteiger partial charge in [0.2, 0.25) is 0 Å². The van der Waals surface area contributed by atoms with Gasteiger partial charge in [-0.2, -0.15) is 13.2 Å². The fraction of sp³-hybridized carbons (Fsp3) is 0.222. The van der Waals surface area contributed by atoms with Crippen molar-refractivity contribution >= 4 is 16.7 Å². The quantitative estimate of drug-likeness (QED) is 0.680. The number of nitrogens with zero attached hydrogens (tertiary/aromatic N) is 2. The molecule has 0 aliphatic rings. The van der Waals surface area contributed by atoms with Gasteiger partial charge >= 0.3 is 6.18 Å². The van der Waals surface area contributed by atoms with Gasteiger partial charge in [0.15, 0.2) is 0 Å². The number of hydrogen-bond acceptors (Lipinski definition) is 4. The van der Waals surface area contributed by atoms with E-state index in [1.54, 1.807) is 25.1 Å². The minimum Gasteiger partial charge on any atom is -0.497 e. The van der Waals surface area contributed by atoms with Crippen molar-refractivity contribution < 1.29 is 22.3 Å². The number of alkyl halides is 3. The molecule has 0 aliphatic carbocycles. The number of methoxy groups -OCH3 is 1. The molecule has 1 N–H and O–H groups in total. The Morgan fingerprint density at radius 2 is 1.88 bits per heavy atom. The van der Waals surface area contributed by atoms with E-state index in [0.29, 0.717) is 28.3 Å². The van der Waals surface area contributed by atoms with E-state index in [9.17, 15) is 17.6 Å². The molecule has 0 radical (unpaired) electrons. The first-order valence-corrected chi connectivity index (χ1v) is 7.70. The summed E-state index contributed by atoms with van der Waals surface area (Å²) in [4.78, 5) is 8.57. The standard InChI is InChI=1S/C18H15F4N3O/c1-10-24-15-8-12(26-2)6-7-13(15)17(25-10)23-9-11-4-3-5-14(16(11)19)18(20,21)22/h3-8H,9H2,1-2H3,(H,23,24,25). The second-order valence-electron chi connectivity index (χ2n) is 5.63. The number of fused-ring (bicyclic) bond motifs is 1. The third-order valence-electron chi connectivity index (χ3n) is 3.85. The first kappa shape index (κ1) is 17.9. The number of benzene rings is 2. The van der Waals surface area contributed by atoms with Crippen LogP contribution in [-0.4, -0.2) is 17.1 Å². The lowest BCUT2D eigenvalue weighted by atomic mass is 10.1. The van der Waals surface area contributed by atoms with E-state index in [-0.39, 0.29) is 12.1 Å². The minimum absolute atomic E-state index is 0.0993. The molecule has 0 saturated carbocycles. The molecule has 8 heteroatoms. The Bertz CT molecular complexity index is 957. The summed E-state index contributed by atoms with van der Waals surface area (Å²) in [5.41, 5.74) is -0.771. The van der Waals surface area contributed by atoms with Crippen molar-refractivity contribution in [2.24, 2.45) is 0 Å². The number of halogens is 4. The molecular weight excluding hydrogens is 350 g/mol. The van der Waals surface area contributed by atoms with Gasteiger partial charge in [0.05, 0.1) is 18.2 Å². The molecule has 0 spiro atoms. The summed E-state index contributed by atoms with van der Waals surface area (Å²) in [6, 6.07) is 8.37. The summed E-state index contributed by atoms with van der Waals surface area (Å²) in [5.74, 6) is 0.208. The molecule has 3 aromatic rings. The smallest absolute Gasteiger partial charge is 0.419 e. The SMILES string of the molecule is COc1ccc2c(NCc3cccc(C(F)(F)F)c3F)nc(C)nc2c1. The first-order valence-electron chi connectivity index (χ1n) is 7.70. The predicted molar refractivity (Wildman–Crippen MR) is 89.6 cm³/mol. The molecule has 0 fully saturated rings. The lowest BCUT2D eigenvalue weighted by molar-refractivity contribution is -0.140. The highest BCUT2D eigenvalue weighted by Crippen LogP contribution is 2.32. The summed E-state index contributed by atoms with van der Waals surface area (Å²) in [6.45, 7) is 1.54. The van der Waals surface area contributed by atoms with Crippen LogP contribution in [0.1, 0.15) is 17.0 Å². The Labute approximate surface area is 146 Å². The van der Waals surface area contributed by atoms with Crippen molar-refractivity contribution in [3.8, 4) is 5.75 Å². The Morgan fingerprint density at radius 3 is 2.58 bits per heavy atom. The van der Waals surface area contributed by atoms with Crippen LogP contribution < -0.4 is 10.1 Å². The van der Waals surface area contributed by atoms with E-state index in [1.165, 1.54) is 19.2 Å². The third-order valence-corrected chi connectivity index (χ3v) is 3.85. The number of nitrogens with one attached hydrogen (secondary N) is 1. The number of rotatable bonds is 4. The summed E-state index contributed by atoms with van der Waals surface area (Å²) >= 11 is 0. The molecule has 2 aromatic carbocycles. The molecule has 0 bridgehead atoms. The van der Waals surface area contributed by atoms with Gasteiger partial charge in [-0.1, -0.05) is 12.1 Å². The fourth-order valence-electron chi connectivity index (χ4n) is 2.60. The van der Waals surface area contributed by atoms with Crippen LogP contribution in [-0.2, 0) is 12.7 Å². The minimum atomic E-state index is -4.74. The molecule has 1 heterocycles. The van der Waals surface area contributed by atoms with E-state index in [0.717, 1.165) is 6.07 Å². The molecule has 0 saturated heterocycles. The molecule has 3 rings (SSSR count). The Kier molecular flexibility index (Phi) is 4.67. The lowest BCUT2D eigenvalue weighted by Crippen LogP contribution is -2.12. The van der Waals surface area contributed by atoms with E-state index in [2.05, 4.69) is 15.3 Å². The molecule has 1 aromatic heterocycles. The van der Waals surface area contributed by atoms with E-state index < -0.39 is 17.6 Å². The molecule has 0 amide bonds. The van der Waals surface area contributed by atoms with Crippen LogP contribution in [0.5, 0.6) is 5.75 Å². The summed E-state index contributed by atoms with van der Waals surface area (Å²) in [6.07, 6.45) is -4.74. The molecule has 26 heavy (non-hydrogen) atoms. The number of aryl methyl sites for hydroxylation is 1. The van der Waals surface area contributed by atoms with Crippen molar-refractivity contribution in [2.75, 3.05) is 12.4 Å². The van der Waals surface area contributed by atoms with Crippen molar-refractivity contribution in [2.45, 2.75) is 19.6 Å². The summed E-state index contributed by atoms with van der Waals surface area (Å²) in [5, 5.41) is 3.56. The maximum atomic E-state index is 14.2. The molecule has 0 aliphatic heterocycles. The zero-order valence-electron chi connectivity index (χ0n) is 14.0. The molecule has 136 valence electrons. The van der Waals surface area contributed by atoms with Gasteiger partial charge in [-0.3, -0.25) is 0 Å². The molecule has 0 atom stereocenters. The Balaban J connectivity index is 1.93. The second kappa shape index (κ2) is 6.78. The number of anilines is 1. The van der Waals surface area contributed by atoms with Crippen LogP contribution in [0, 0.1) is 12.7 Å². The highest BCUT2D eigenvalue weighted by molar-refractivity contribution is 5.90. The van der Waals surface area contributed by atoms with Crippen molar-refractivity contribution in [1.29, 1.82) is 0 Å². The zero-order chi connectivity index (χ0) is 18.9. The maximum absolute atomic E-state index is 14.2. The van der Waals surface area contributed by atoms with Crippen LogP contribution in [0.25, 0.3) is 10.9 Å². The van der Waals surface area contributed by atoms with Crippen LogP contribution in [0.2, 0.25) is 0 Å². The zero-order valence-corrected chi connectivity index (χ0v) is 14.0. The first-order chi connectivity index (χ1) is 12.3. The van der Waals surface area contributed by atoms with Gasteiger partial charge in [0.25, 0.3) is 0 Å². The van der Waals surface area contributed by atoms with Gasteiger partial charge in [0.1, 0.15) is 23.2 Å². The van der Waals surface area contributed by atoms with Gasteiger partial charge in [-0.05, 0) is 25.1 Å². The van der Waals surface area contributed by atoms with Crippen molar-refractivity contribution in [3.05, 3.63) is 59.2 Å². The van der Waals surface area contributed by atoms with E-state index in [1.807, 2.05) is 0 Å². The number of hydrogen-bond donors (Lipinski definition) is 1. The molecule has 4 nitrogen and oxygen atoms in total. The van der Waals surface area contributed by atoms with E-state index in [4.69, 9.17) is 4.74 Å². The van der Waals surface area contributed by atoms with Crippen LogP contribution in [0.3, 0.4) is 0 Å². The normalized spacial score (nSPS) is 11.6. The average Bonchev–Trinajstić information content (AvgIpc) is 2.58. The highest BCUT2D eigenvalue weighted by atomic mass is 19.4. The molecular formula is C18H15F4N3O. The highest BCUT2D eigenvalue weighted by Gasteiger charge is 2.34. The number of aromatic nitrogens is 2. The second-order valence-corrected chi connectivity index (χ2v) is 5.63. The third kappa shape index (κ3) is 3.54. The summed E-state index contributed by atoms with van der Waals surface area (Å²) < 4.78 is 57.8. The summed E-state index contributed by atoms with van der Waals surface area (Å²) in [7, 11) is 1.53. The van der Waals surface area contributed by atoms with Gasteiger partial charge < -0.3 is 10.1 Å². The van der Waals surface area contributed by atoms with E-state index >= 15 is 0 Å². The van der Waals surface area contributed by atoms with Gasteiger partial charge in [0, 0.05) is 23.6 Å². The van der Waals surface area contributed by atoms with Crippen LogP contribution in [0.15, 0.2) is 36.4 Å². The Morgan fingerprint density at radius 1 is 1.12 bits per heavy atom. The number of ether oxygens (including phenoxy) is 1. The van der Waals surface area contributed by atoms with Crippen molar-refractivity contribution in [3.63, 3.8) is 0 Å². The Hall–Kier alpha value is -2.90. The fourth-order valence-corrected chi connectivity index (χ4v) is 2.60. The van der Waals surface area contributed by atoms with Crippen LogP contribution in [0.4, 0.5) is 23.4 Å². The molecule has 0 unspecified atom stereocenters. The van der Waals surface area contributed by atoms with Crippen LogP contribution >= 0.6 is 0 Å². The topological polar surface area (TPSA) is 47.0 Å². The lowest BCUT2D eigenvalue weighted by Gasteiger charge is -2.13. The van der Waals surface area contributed by atoms with Crippen molar-refractivity contribution in [1.82, 2.24) is 9.97 Å². The average molecular weight is 365 g/mol. The van der Waals surface area contributed by atoms with Gasteiger partial charge in [-0.25, -0.2) is 14.4 Å².